The van der Waals surface area contributed by atoms with Crippen molar-refractivity contribution in [3.05, 3.63) is 36.0 Å². The number of allylic oxidation sites excluding steroid dienone is 2. The summed E-state index contributed by atoms with van der Waals surface area (Å²) < 4.78 is 22.7. The first-order valence-electron chi connectivity index (χ1n) is 12.5. The number of aliphatic hydroxyl groups excluding tert-OH is 1. The van der Waals surface area contributed by atoms with Gasteiger partial charge in [-0.3, -0.25) is 9.59 Å². The number of rotatable bonds is 8. The van der Waals surface area contributed by atoms with Crippen molar-refractivity contribution in [2.75, 3.05) is 13.2 Å². The van der Waals surface area contributed by atoms with Crippen LogP contribution in [0, 0.1) is 5.92 Å². The molecular formula is C27H41NO7. The molecule has 0 bridgehead atoms. The van der Waals surface area contributed by atoms with Gasteiger partial charge in [0.25, 0.3) is 0 Å². The SMILES string of the molecule is CC(=O)OCC=CC(=O)NC1C[C@H](C)[C@H](CC=C(C)C=C[C@H]2OC(C)(C)C[C@@]3(CO3)[C@@H]2O)O[C@@H]1C. The maximum absolute atomic E-state index is 12.2. The zero-order chi connectivity index (χ0) is 25.8. The number of ether oxygens (including phenoxy) is 4. The molecule has 8 nitrogen and oxygen atoms in total. The molecule has 3 aliphatic rings. The Hall–Kier alpha value is -2.00. The van der Waals surface area contributed by atoms with Gasteiger partial charge in [-0.2, -0.15) is 0 Å². The molecule has 8 heteroatoms. The lowest BCUT2D eigenvalue weighted by molar-refractivity contribution is -0.171. The van der Waals surface area contributed by atoms with E-state index in [2.05, 4.69) is 18.3 Å². The van der Waals surface area contributed by atoms with Gasteiger partial charge in [0, 0.05) is 19.4 Å². The summed E-state index contributed by atoms with van der Waals surface area (Å²) in [7, 11) is 0. The number of hydrogen-bond acceptors (Lipinski definition) is 7. The second kappa shape index (κ2) is 11.4. The van der Waals surface area contributed by atoms with Crippen molar-refractivity contribution >= 4 is 11.9 Å². The van der Waals surface area contributed by atoms with Crippen molar-refractivity contribution in [1.29, 1.82) is 0 Å². The maximum atomic E-state index is 12.2. The molecule has 3 rings (SSSR count). The lowest BCUT2D eigenvalue weighted by atomic mass is 9.83. The van der Waals surface area contributed by atoms with E-state index in [1.54, 1.807) is 0 Å². The molecule has 0 aromatic carbocycles. The molecule has 35 heavy (non-hydrogen) atoms. The molecule has 1 amide bonds. The van der Waals surface area contributed by atoms with Crippen LogP contribution in [0.3, 0.4) is 0 Å². The molecule has 3 fully saturated rings. The van der Waals surface area contributed by atoms with Crippen LogP contribution in [0.2, 0.25) is 0 Å². The van der Waals surface area contributed by atoms with Gasteiger partial charge in [-0.25, -0.2) is 0 Å². The molecule has 3 aliphatic heterocycles. The Kier molecular flexibility index (Phi) is 8.96. The Morgan fingerprint density at radius 3 is 2.57 bits per heavy atom. The highest BCUT2D eigenvalue weighted by Crippen LogP contribution is 2.46. The van der Waals surface area contributed by atoms with Crippen molar-refractivity contribution in [2.45, 2.75) is 102 Å². The first-order valence-corrected chi connectivity index (χ1v) is 12.5. The molecule has 3 saturated heterocycles. The molecule has 0 aliphatic carbocycles. The fraction of sp³-hybridized carbons (Fsp3) is 0.704. The molecule has 7 atom stereocenters. The Labute approximate surface area is 208 Å². The minimum absolute atomic E-state index is 0.0552. The van der Waals surface area contributed by atoms with Crippen LogP contribution in [-0.4, -0.2) is 71.9 Å². The second-order valence-corrected chi connectivity index (χ2v) is 10.8. The standard InChI is InChI=1S/C27H41NO7/c1-17(10-12-23-25(31)27(16-33-27)15-26(5,6)35-23)9-11-22-18(2)14-21(19(3)34-22)28-24(30)8-7-13-32-20(4)29/h7-10,12,18-19,21-23,25,31H,11,13-16H2,1-6H3,(H,28,30)/t18-,19+,21?,22-,23+,25+,27+/m0/s1. The van der Waals surface area contributed by atoms with E-state index in [1.165, 1.54) is 19.1 Å². The highest BCUT2D eigenvalue weighted by molar-refractivity contribution is 5.87. The van der Waals surface area contributed by atoms with Crippen LogP contribution < -0.4 is 5.32 Å². The predicted octanol–water partition coefficient (Wildman–Crippen LogP) is 2.99. The Morgan fingerprint density at radius 1 is 1.20 bits per heavy atom. The van der Waals surface area contributed by atoms with E-state index >= 15 is 0 Å². The third-order valence-corrected chi connectivity index (χ3v) is 6.96. The molecule has 1 unspecified atom stereocenters. The second-order valence-electron chi connectivity index (χ2n) is 10.8. The lowest BCUT2D eigenvalue weighted by Gasteiger charge is -2.41. The topological polar surface area (TPSA) is 107 Å². The number of nitrogens with one attached hydrogen (secondary N) is 1. The summed E-state index contributed by atoms with van der Waals surface area (Å²) in [5.41, 5.74) is 0.278. The average molecular weight is 492 g/mol. The zero-order valence-corrected chi connectivity index (χ0v) is 21.8. The predicted molar refractivity (Wildman–Crippen MR) is 132 cm³/mol. The van der Waals surface area contributed by atoms with E-state index in [0.29, 0.717) is 13.0 Å². The highest BCUT2D eigenvalue weighted by atomic mass is 16.6. The largest absolute Gasteiger partial charge is 0.462 e. The van der Waals surface area contributed by atoms with Gasteiger partial charge in [0.05, 0.1) is 30.5 Å². The van der Waals surface area contributed by atoms with Crippen LogP contribution in [0.15, 0.2) is 36.0 Å². The van der Waals surface area contributed by atoms with E-state index < -0.39 is 17.8 Å². The first-order chi connectivity index (χ1) is 16.4. The summed E-state index contributed by atoms with van der Waals surface area (Å²) in [5, 5.41) is 13.7. The molecule has 1 spiro atoms. The van der Waals surface area contributed by atoms with Crippen molar-refractivity contribution in [3.63, 3.8) is 0 Å². The summed E-state index contributed by atoms with van der Waals surface area (Å²) in [4.78, 5) is 22.9. The molecule has 0 aromatic heterocycles. The van der Waals surface area contributed by atoms with Gasteiger partial charge in [0.1, 0.15) is 24.4 Å². The number of amides is 1. The molecule has 2 N–H and O–H groups in total. The number of hydrogen-bond donors (Lipinski definition) is 2. The number of carbonyl (C=O) groups is 2. The van der Waals surface area contributed by atoms with E-state index in [1.807, 2.05) is 39.8 Å². The van der Waals surface area contributed by atoms with Gasteiger partial charge in [-0.05, 0) is 52.5 Å². The average Bonchev–Trinajstić information content (AvgIpc) is 3.53. The zero-order valence-electron chi connectivity index (χ0n) is 21.8. The van der Waals surface area contributed by atoms with Gasteiger partial charge in [-0.1, -0.05) is 30.7 Å². The van der Waals surface area contributed by atoms with Gasteiger partial charge in [0.2, 0.25) is 5.91 Å². The van der Waals surface area contributed by atoms with Crippen molar-refractivity contribution in [1.82, 2.24) is 5.32 Å². The van der Waals surface area contributed by atoms with E-state index in [0.717, 1.165) is 18.4 Å². The van der Waals surface area contributed by atoms with Crippen molar-refractivity contribution in [2.24, 2.45) is 5.92 Å². The summed E-state index contributed by atoms with van der Waals surface area (Å²) >= 11 is 0. The van der Waals surface area contributed by atoms with E-state index in [-0.39, 0.29) is 48.3 Å². The molecule has 0 radical (unpaired) electrons. The molecular weight excluding hydrogens is 450 g/mol. The normalized spacial score (nSPS) is 37.1. The highest BCUT2D eigenvalue weighted by Gasteiger charge is 2.60. The van der Waals surface area contributed by atoms with E-state index in [4.69, 9.17) is 18.9 Å². The summed E-state index contributed by atoms with van der Waals surface area (Å²) in [6, 6.07) is -0.0812. The molecule has 196 valence electrons. The van der Waals surface area contributed by atoms with Crippen LogP contribution >= 0.6 is 0 Å². The Bertz CT molecular complexity index is 858. The van der Waals surface area contributed by atoms with Crippen LogP contribution in [0.5, 0.6) is 0 Å². The van der Waals surface area contributed by atoms with Crippen molar-refractivity contribution in [3.8, 4) is 0 Å². The number of carbonyl (C=O) groups excluding carboxylic acids is 2. The van der Waals surface area contributed by atoms with Crippen LogP contribution in [-0.2, 0) is 28.5 Å². The van der Waals surface area contributed by atoms with E-state index in [9.17, 15) is 14.7 Å². The maximum Gasteiger partial charge on any atom is 0.302 e. The minimum Gasteiger partial charge on any atom is -0.462 e. The van der Waals surface area contributed by atoms with Crippen molar-refractivity contribution < 1.29 is 33.6 Å². The van der Waals surface area contributed by atoms with Gasteiger partial charge >= 0.3 is 5.97 Å². The number of esters is 1. The fourth-order valence-electron chi connectivity index (χ4n) is 4.99. The summed E-state index contributed by atoms with van der Waals surface area (Å²) in [6.07, 6.45) is 10.1. The lowest BCUT2D eigenvalue weighted by Crippen LogP contribution is -2.53. The van der Waals surface area contributed by atoms with Crippen LogP contribution in [0.4, 0.5) is 0 Å². The van der Waals surface area contributed by atoms with Gasteiger partial charge in [0.15, 0.2) is 0 Å². The quantitative estimate of drug-likeness (QED) is 0.233. The van der Waals surface area contributed by atoms with Crippen LogP contribution in [0.1, 0.15) is 60.8 Å². The Balaban J connectivity index is 1.48. The number of aliphatic hydroxyl groups is 1. The summed E-state index contributed by atoms with van der Waals surface area (Å²) in [5.74, 6) is -0.336. The van der Waals surface area contributed by atoms with Crippen LogP contribution in [0.25, 0.3) is 0 Å². The fourth-order valence-corrected chi connectivity index (χ4v) is 4.99. The minimum atomic E-state index is -0.661. The van der Waals surface area contributed by atoms with Gasteiger partial charge in [-0.15, -0.1) is 0 Å². The third kappa shape index (κ3) is 7.74. The monoisotopic (exact) mass is 491 g/mol. The molecule has 0 saturated carbocycles. The molecule has 3 heterocycles. The van der Waals surface area contributed by atoms with Gasteiger partial charge < -0.3 is 29.4 Å². The molecule has 0 aromatic rings. The third-order valence-electron chi connectivity index (χ3n) is 6.96. The number of epoxide rings is 1. The Morgan fingerprint density at radius 2 is 1.91 bits per heavy atom. The summed E-state index contributed by atoms with van der Waals surface area (Å²) in [6.45, 7) is 12.2. The first kappa shape index (κ1) is 27.6. The smallest absolute Gasteiger partial charge is 0.302 e.